The van der Waals surface area contributed by atoms with Gasteiger partial charge in [0.15, 0.2) is 0 Å². The van der Waals surface area contributed by atoms with E-state index in [-0.39, 0.29) is 23.2 Å². The molecule has 1 unspecified atom stereocenters. The van der Waals surface area contributed by atoms with Crippen molar-refractivity contribution in [1.82, 2.24) is 15.1 Å². The number of aromatic nitrogens is 3. The number of rotatable bonds is 6. The minimum absolute atomic E-state index is 0.0499. The minimum Gasteiger partial charge on any atom is -0.372 e. The maximum atomic E-state index is 10.9. The fraction of sp³-hybridized carbons (Fsp3) is 0.222. The van der Waals surface area contributed by atoms with Gasteiger partial charge in [-0.05, 0) is 24.1 Å². The van der Waals surface area contributed by atoms with Gasteiger partial charge >= 0.3 is 0 Å². The molecule has 0 spiro atoms. The Morgan fingerprint density at radius 3 is 2.78 bits per heavy atom. The molecule has 2 heterocycles. The molecule has 136 valence electrons. The number of nitrogens with one attached hydrogen (secondary N) is 1. The monoisotopic (exact) mass is 364 g/mol. The highest BCUT2D eigenvalue weighted by Crippen LogP contribution is 2.30. The lowest BCUT2D eigenvalue weighted by atomic mass is 10.0. The van der Waals surface area contributed by atoms with E-state index in [1.54, 1.807) is 18.5 Å². The maximum absolute atomic E-state index is 10.9. The van der Waals surface area contributed by atoms with Crippen LogP contribution in [0.15, 0.2) is 47.2 Å². The van der Waals surface area contributed by atoms with Gasteiger partial charge in [0.25, 0.3) is 5.69 Å². The Balaban J connectivity index is 1.91. The molecule has 0 saturated carbocycles. The molecule has 0 bridgehead atoms. The lowest BCUT2D eigenvalue weighted by Gasteiger charge is -2.20. The number of anilines is 1. The first-order valence-electron chi connectivity index (χ1n) is 8.18. The van der Waals surface area contributed by atoms with E-state index in [9.17, 15) is 15.4 Å². The summed E-state index contributed by atoms with van der Waals surface area (Å²) >= 11 is 0. The number of non-ortho nitro benzene ring substituents is 1. The van der Waals surface area contributed by atoms with Crippen molar-refractivity contribution in [2.45, 2.75) is 19.9 Å². The Labute approximate surface area is 154 Å². The van der Waals surface area contributed by atoms with E-state index in [1.807, 2.05) is 26.0 Å². The van der Waals surface area contributed by atoms with Crippen molar-refractivity contribution < 1.29 is 9.45 Å². The van der Waals surface area contributed by atoms with E-state index in [2.05, 4.69) is 20.4 Å². The van der Waals surface area contributed by atoms with Crippen LogP contribution >= 0.6 is 0 Å². The maximum Gasteiger partial charge on any atom is 0.270 e. The average Bonchev–Trinajstić information content (AvgIpc) is 3.16. The smallest absolute Gasteiger partial charge is 0.270 e. The first-order valence-corrected chi connectivity index (χ1v) is 8.18. The second kappa shape index (κ2) is 7.61. The van der Waals surface area contributed by atoms with E-state index in [0.717, 1.165) is 5.56 Å². The lowest BCUT2D eigenvalue weighted by molar-refractivity contribution is -0.384. The summed E-state index contributed by atoms with van der Waals surface area (Å²) in [5, 5.41) is 27.4. The van der Waals surface area contributed by atoms with Gasteiger partial charge in [-0.3, -0.25) is 15.1 Å². The van der Waals surface area contributed by atoms with Crippen LogP contribution in [0.5, 0.6) is 0 Å². The van der Waals surface area contributed by atoms with Crippen LogP contribution in [0.3, 0.4) is 0 Å². The molecule has 2 aromatic heterocycles. The van der Waals surface area contributed by atoms with Gasteiger partial charge in [-0.25, -0.2) is 0 Å². The molecule has 0 aliphatic heterocycles. The predicted octanol–water partition coefficient (Wildman–Crippen LogP) is 3.72. The summed E-state index contributed by atoms with van der Waals surface area (Å²) in [6.45, 7) is 3.92. The summed E-state index contributed by atoms with van der Waals surface area (Å²) in [7, 11) is 0. The molecule has 9 nitrogen and oxygen atoms in total. The topological polar surface area (TPSA) is 131 Å². The van der Waals surface area contributed by atoms with Gasteiger partial charge in [0.1, 0.15) is 12.1 Å². The summed E-state index contributed by atoms with van der Waals surface area (Å²) < 4.78 is 5.41. The second-order valence-electron chi connectivity index (χ2n) is 6.16. The zero-order valence-corrected chi connectivity index (χ0v) is 14.7. The summed E-state index contributed by atoms with van der Waals surface area (Å²) in [4.78, 5) is 18.8. The number of benzene rings is 1. The van der Waals surface area contributed by atoms with E-state index >= 15 is 0 Å². The van der Waals surface area contributed by atoms with Crippen LogP contribution in [0.25, 0.3) is 11.4 Å². The highest BCUT2D eigenvalue weighted by atomic mass is 16.6. The van der Waals surface area contributed by atoms with Crippen LogP contribution in [-0.2, 0) is 0 Å². The molecule has 1 N–H and O–H groups in total. The van der Waals surface area contributed by atoms with Crippen molar-refractivity contribution >= 4 is 11.4 Å². The fourth-order valence-corrected chi connectivity index (χ4v) is 2.52. The number of nitro groups is 1. The number of hydrogen-bond donors (Lipinski definition) is 1. The Bertz CT molecular complexity index is 994. The molecule has 0 amide bonds. The van der Waals surface area contributed by atoms with E-state index in [0.29, 0.717) is 17.4 Å². The Kier molecular flexibility index (Phi) is 5.08. The second-order valence-corrected chi connectivity index (χ2v) is 6.16. The Morgan fingerprint density at radius 2 is 2.15 bits per heavy atom. The first kappa shape index (κ1) is 18.0. The number of pyridine rings is 1. The van der Waals surface area contributed by atoms with Gasteiger partial charge in [-0.1, -0.05) is 19.0 Å². The SMILES string of the molecule is CC(C)C(Nc1ccc([N+](=O)[O-])cc1C#N)c1nc(-c2cccnc2)no1. The number of nitro benzene ring substituents is 1. The van der Waals surface area contributed by atoms with Crippen LogP contribution in [0.1, 0.15) is 31.3 Å². The molecule has 27 heavy (non-hydrogen) atoms. The van der Waals surface area contributed by atoms with E-state index in [1.165, 1.54) is 18.2 Å². The minimum atomic E-state index is -0.539. The highest BCUT2D eigenvalue weighted by molar-refractivity contribution is 5.62. The lowest BCUT2D eigenvalue weighted by Crippen LogP contribution is -2.18. The molecule has 9 heteroatoms. The molecule has 1 atom stereocenters. The third-order valence-electron chi connectivity index (χ3n) is 3.94. The molecule has 0 fully saturated rings. The third-order valence-corrected chi connectivity index (χ3v) is 3.94. The fourth-order valence-electron chi connectivity index (χ4n) is 2.52. The van der Waals surface area contributed by atoms with Crippen molar-refractivity contribution in [2.24, 2.45) is 5.92 Å². The highest BCUT2D eigenvalue weighted by Gasteiger charge is 2.24. The first-order chi connectivity index (χ1) is 13.0. The van der Waals surface area contributed by atoms with E-state index in [4.69, 9.17) is 4.52 Å². The molecule has 0 aliphatic rings. The number of nitrogens with zero attached hydrogens (tertiary/aromatic N) is 5. The number of hydrogen-bond acceptors (Lipinski definition) is 8. The largest absolute Gasteiger partial charge is 0.372 e. The zero-order chi connectivity index (χ0) is 19.4. The number of nitriles is 1. The molecule has 0 radical (unpaired) electrons. The molecule has 0 saturated heterocycles. The van der Waals surface area contributed by atoms with Gasteiger partial charge < -0.3 is 9.84 Å². The quantitative estimate of drug-likeness (QED) is 0.517. The van der Waals surface area contributed by atoms with Gasteiger partial charge in [-0.15, -0.1) is 0 Å². The summed E-state index contributed by atoms with van der Waals surface area (Å²) in [6.07, 6.45) is 3.29. The van der Waals surface area contributed by atoms with Gasteiger partial charge in [0.2, 0.25) is 11.7 Å². The van der Waals surface area contributed by atoms with Crippen molar-refractivity contribution in [1.29, 1.82) is 5.26 Å². The molecular weight excluding hydrogens is 348 g/mol. The van der Waals surface area contributed by atoms with Crippen molar-refractivity contribution in [2.75, 3.05) is 5.32 Å². The van der Waals surface area contributed by atoms with Crippen LogP contribution in [0.4, 0.5) is 11.4 Å². The summed E-state index contributed by atoms with van der Waals surface area (Å²) in [5.74, 6) is 0.815. The van der Waals surface area contributed by atoms with Crippen molar-refractivity contribution in [3.63, 3.8) is 0 Å². The van der Waals surface area contributed by atoms with Crippen LogP contribution in [-0.4, -0.2) is 20.0 Å². The van der Waals surface area contributed by atoms with Crippen LogP contribution in [0.2, 0.25) is 0 Å². The third kappa shape index (κ3) is 3.90. The summed E-state index contributed by atoms with van der Waals surface area (Å²) in [5.41, 5.74) is 1.21. The van der Waals surface area contributed by atoms with E-state index < -0.39 is 4.92 Å². The molecular formula is C18H16N6O3. The average molecular weight is 364 g/mol. The normalized spacial score (nSPS) is 11.8. The van der Waals surface area contributed by atoms with Crippen molar-refractivity contribution in [3.8, 4) is 17.5 Å². The standard InChI is InChI=1S/C18H16N6O3/c1-11(2)16(18-22-17(23-27-18)12-4-3-7-20-10-12)21-15-6-5-14(24(25)26)8-13(15)9-19/h3-8,10-11,16,21H,1-2H3. The summed E-state index contributed by atoms with van der Waals surface area (Å²) in [6, 6.07) is 9.28. The molecule has 3 aromatic rings. The molecule has 1 aromatic carbocycles. The van der Waals surface area contributed by atoms with Gasteiger partial charge in [0.05, 0.1) is 16.2 Å². The molecule has 3 rings (SSSR count). The van der Waals surface area contributed by atoms with Crippen molar-refractivity contribution in [3.05, 3.63) is 64.3 Å². The van der Waals surface area contributed by atoms with Crippen LogP contribution in [0, 0.1) is 27.4 Å². The van der Waals surface area contributed by atoms with Crippen LogP contribution < -0.4 is 5.32 Å². The predicted molar refractivity (Wildman–Crippen MR) is 96.5 cm³/mol. The van der Waals surface area contributed by atoms with Gasteiger partial charge in [0, 0.05) is 30.1 Å². The molecule has 0 aliphatic carbocycles. The van der Waals surface area contributed by atoms with Gasteiger partial charge in [-0.2, -0.15) is 10.2 Å². The zero-order valence-electron chi connectivity index (χ0n) is 14.7. The Hall–Kier alpha value is -3.80. The Morgan fingerprint density at radius 1 is 1.33 bits per heavy atom.